The van der Waals surface area contributed by atoms with E-state index in [1.54, 1.807) is 55.9 Å². The number of hydrogen-bond acceptors (Lipinski definition) is 8. The van der Waals surface area contributed by atoms with Crippen LogP contribution < -0.4 is 20.7 Å². The van der Waals surface area contributed by atoms with E-state index >= 15 is 0 Å². The summed E-state index contributed by atoms with van der Waals surface area (Å²) in [6.45, 7) is 5.23. The molecule has 0 radical (unpaired) electrons. The van der Waals surface area contributed by atoms with Crippen LogP contribution in [0.2, 0.25) is 0 Å². The zero-order chi connectivity index (χ0) is 28.2. The van der Waals surface area contributed by atoms with Gasteiger partial charge in [0.15, 0.2) is 5.96 Å². The molecule has 1 aromatic heterocycles. The highest BCUT2D eigenvalue weighted by molar-refractivity contribution is 7.89. The maximum atomic E-state index is 12.9. The summed E-state index contributed by atoms with van der Waals surface area (Å²) in [6.07, 6.45) is 1.59. The van der Waals surface area contributed by atoms with E-state index in [9.17, 15) is 23.1 Å². The van der Waals surface area contributed by atoms with Gasteiger partial charge in [-0.05, 0) is 49.9 Å². The van der Waals surface area contributed by atoms with Gasteiger partial charge in [0.25, 0.3) is 5.91 Å². The number of benzene rings is 2. The number of aryl methyl sites for hydroxylation is 4. The van der Waals surface area contributed by atoms with Crippen molar-refractivity contribution < 1.29 is 23.1 Å². The van der Waals surface area contributed by atoms with Crippen molar-refractivity contribution in [3.63, 3.8) is 0 Å². The molecule has 1 aliphatic heterocycles. The minimum Gasteiger partial charge on any atom is -0.480 e. The van der Waals surface area contributed by atoms with Crippen molar-refractivity contribution >= 4 is 38.8 Å². The van der Waals surface area contributed by atoms with Crippen LogP contribution in [0.5, 0.6) is 0 Å². The summed E-state index contributed by atoms with van der Waals surface area (Å²) >= 11 is 0. The Balaban J connectivity index is 1.40. The fourth-order valence-corrected chi connectivity index (χ4v) is 6.24. The van der Waals surface area contributed by atoms with Gasteiger partial charge < -0.3 is 21.1 Å². The molecule has 39 heavy (non-hydrogen) atoms. The molecule has 1 aliphatic rings. The van der Waals surface area contributed by atoms with E-state index < -0.39 is 34.5 Å². The fraction of sp³-hybridized carbons (Fsp3) is 0.385. The first kappa shape index (κ1) is 28.0. The Bertz CT molecular complexity index is 1510. The van der Waals surface area contributed by atoms with Crippen LogP contribution in [0.3, 0.4) is 0 Å². The second-order valence-electron chi connectivity index (χ2n) is 9.43. The maximum Gasteiger partial charge on any atom is 0.323 e. The summed E-state index contributed by atoms with van der Waals surface area (Å²) in [4.78, 5) is 29.0. The number of nitrogens with one attached hydrogen (secondary N) is 4. The van der Waals surface area contributed by atoms with Crippen molar-refractivity contribution in [1.29, 1.82) is 0 Å². The van der Waals surface area contributed by atoms with E-state index in [-0.39, 0.29) is 4.90 Å². The van der Waals surface area contributed by atoms with Gasteiger partial charge in [-0.25, -0.2) is 8.42 Å². The van der Waals surface area contributed by atoms with Crippen molar-refractivity contribution in [3.05, 3.63) is 58.8 Å². The minimum absolute atomic E-state index is 0.0276. The number of sulfonamides is 1. The van der Waals surface area contributed by atoms with Crippen LogP contribution in [0.15, 0.2) is 46.3 Å². The molecule has 1 unspecified atom stereocenters. The molecule has 12 nitrogen and oxygen atoms in total. The van der Waals surface area contributed by atoms with E-state index in [4.69, 9.17) is 0 Å². The number of aromatic nitrogens is 2. The quantitative estimate of drug-likeness (QED) is 0.217. The molecular formula is C26H33N7O5S. The molecule has 3 aromatic rings. The smallest absolute Gasteiger partial charge is 0.323 e. The molecule has 0 saturated carbocycles. The Morgan fingerprint density at radius 2 is 1.92 bits per heavy atom. The third-order valence-corrected chi connectivity index (χ3v) is 8.26. The van der Waals surface area contributed by atoms with Crippen molar-refractivity contribution in [3.8, 4) is 0 Å². The summed E-state index contributed by atoms with van der Waals surface area (Å²) in [5, 5.41) is 24.1. The van der Waals surface area contributed by atoms with Gasteiger partial charge in [-0.15, -0.1) is 0 Å². The van der Waals surface area contributed by atoms with Crippen molar-refractivity contribution in [2.75, 3.05) is 26.2 Å². The van der Waals surface area contributed by atoms with Gasteiger partial charge in [-0.1, -0.05) is 24.3 Å². The zero-order valence-electron chi connectivity index (χ0n) is 22.1. The van der Waals surface area contributed by atoms with Crippen LogP contribution in [0, 0.1) is 13.8 Å². The highest BCUT2D eigenvalue weighted by Crippen LogP contribution is 2.21. The minimum atomic E-state index is -4.13. The molecule has 1 amide bonds. The Hall–Kier alpha value is -3.97. The number of amides is 1. The van der Waals surface area contributed by atoms with Crippen molar-refractivity contribution in [1.82, 2.24) is 30.5 Å². The van der Waals surface area contributed by atoms with Gasteiger partial charge in [0.2, 0.25) is 10.0 Å². The fourth-order valence-electron chi connectivity index (χ4n) is 4.58. The normalized spacial score (nSPS) is 14.1. The lowest BCUT2D eigenvalue weighted by Gasteiger charge is -2.18. The molecule has 1 atom stereocenters. The summed E-state index contributed by atoms with van der Waals surface area (Å²) in [7, 11) is -2.34. The number of hydrogen-bond donors (Lipinski definition) is 5. The number of fused-ring (bicyclic) bond motifs is 1. The summed E-state index contributed by atoms with van der Waals surface area (Å²) in [5.74, 6) is -1.10. The van der Waals surface area contributed by atoms with Gasteiger partial charge in [0.05, 0.1) is 22.7 Å². The average molecular weight is 556 g/mol. The topological polar surface area (TPSA) is 167 Å². The molecule has 0 aliphatic carbocycles. The monoisotopic (exact) mass is 555 g/mol. The van der Waals surface area contributed by atoms with Gasteiger partial charge >= 0.3 is 5.97 Å². The molecule has 4 rings (SSSR count). The van der Waals surface area contributed by atoms with Gasteiger partial charge in [-0.3, -0.25) is 19.3 Å². The Morgan fingerprint density at radius 1 is 1.18 bits per heavy atom. The third kappa shape index (κ3) is 6.55. The van der Waals surface area contributed by atoms with Crippen LogP contribution >= 0.6 is 0 Å². The summed E-state index contributed by atoms with van der Waals surface area (Å²) in [5.41, 5.74) is 2.98. The highest BCUT2D eigenvalue weighted by Gasteiger charge is 2.28. The number of carbonyl (C=O) groups is 2. The molecule has 0 fully saturated rings. The lowest BCUT2D eigenvalue weighted by atomic mass is 10.1. The summed E-state index contributed by atoms with van der Waals surface area (Å²) in [6, 6.07) is 8.61. The second kappa shape index (κ2) is 11.8. The van der Waals surface area contributed by atoms with E-state index in [0.717, 1.165) is 55.0 Å². The lowest BCUT2D eigenvalue weighted by molar-refractivity contribution is -0.138. The number of carboxylic acid groups (broad SMARTS) is 1. The van der Waals surface area contributed by atoms with Crippen LogP contribution in [0.1, 0.15) is 33.6 Å². The van der Waals surface area contributed by atoms with Gasteiger partial charge in [0.1, 0.15) is 6.04 Å². The predicted molar refractivity (Wildman–Crippen MR) is 147 cm³/mol. The van der Waals surface area contributed by atoms with Crippen molar-refractivity contribution in [2.24, 2.45) is 12.0 Å². The first-order chi connectivity index (χ1) is 18.6. The molecule has 2 aromatic carbocycles. The average Bonchev–Trinajstić information content (AvgIpc) is 3.51. The summed E-state index contributed by atoms with van der Waals surface area (Å²) < 4.78 is 29.8. The highest BCUT2D eigenvalue weighted by atomic mass is 32.2. The van der Waals surface area contributed by atoms with Gasteiger partial charge in [0, 0.05) is 37.6 Å². The van der Waals surface area contributed by atoms with E-state index in [0.29, 0.717) is 16.7 Å². The molecule has 13 heteroatoms. The maximum absolute atomic E-state index is 12.9. The molecule has 0 bridgehead atoms. The number of aliphatic imine (C=N–C) groups is 1. The van der Waals surface area contributed by atoms with Gasteiger partial charge in [-0.2, -0.15) is 9.82 Å². The molecule has 5 N–H and O–H groups in total. The van der Waals surface area contributed by atoms with E-state index in [1.807, 2.05) is 6.07 Å². The van der Waals surface area contributed by atoms with E-state index in [2.05, 4.69) is 30.8 Å². The predicted octanol–water partition coefficient (Wildman–Crippen LogP) is 0.833. The number of aliphatic carboxylic acids is 1. The van der Waals surface area contributed by atoms with Crippen LogP contribution in [-0.2, 0) is 28.3 Å². The number of guanidine groups is 1. The molecule has 0 spiro atoms. The second-order valence-corrected chi connectivity index (χ2v) is 11.1. The Labute approximate surface area is 226 Å². The SMILES string of the molecule is Cc1cccc(C)c1S(=O)(=O)NC(CNC(=O)c1ccc2c(CCCNC3=NCCN3)nn(C)c2c1)C(=O)O. The van der Waals surface area contributed by atoms with Crippen molar-refractivity contribution in [2.45, 2.75) is 37.6 Å². The zero-order valence-corrected chi connectivity index (χ0v) is 22.9. The lowest BCUT2D eigenvalue weighted by Crippen LogP contribution is -2.48. The standard InChI is InChI=1S/C26H33N7O5S/c1-16-6-4-7-17(2)23(16)39(37,38)32-21(25(35)36)15-30-24(34)18-9-10-19-20(31-33(3)22(19)14-18)8-5-11-27-26-28-12-13-29-26/h4,6-7,9-10,14,21,32H,5,8,11-13,15H2,1-3H3,(H,30,34)(H,35,36)(H2,27,28,29). The molecular weight excluding hydrogens is 522 g/mol. The number of rotatable bonds is 11. The van der Waals surface area contributed by atoms with Crippen LogP contribution in [0.4, 0.5) is 0 Å². The largest absolute Gasteiger partial charge is 0.480 e. The Kier molecular flexibility index (Phi) is 8.51. The number of carboxylic acids is 1. The van der Waals surface area contributed by atoms with Crippen LogP contribution in [0.25, 0.3) is 10.9 Å². The van der Waals surface area contributed by atoms with Crippen LogP contribution in [-0.4, -0.2) is 73.4 Å². The first-order valence-corrected chi connectivity index (χ1v) is 14.1. The number of carbonyl (C=O) groups excluding carboxylic acids is 1. The first-order valence-electron chi connectivity index (χ1n) is 12.6. The number of nitrogens with zero attached hydrogens (tertiary/aromatic N) is 3. The third-order valence-electron chi connectivity index (χ3n) is 6.49. The molecule has 0 saturated heterocycles. The molecule has 208 valence electrons. The molecule has 2 heterocycles. The Morgan fingerprint density at radius 3 is 2.59 bits per heavy atom. The van der Waals surface area contributed by atoms with E-state index in [1.165, 1.54) is 0 Å².